The van der Waals surface area contributed by atoms with Gasteiger partial charge in [-0.25, -0.2) is 4.79 Å². The second kappa shape index (κ2) is 3.70. The molecule has 0 aliphatic heterocycles. The van der Waals surface area contributed by atoms with Gasteiger partial charge >= 0.3 is 13.6 Å². The number of carbonyl (C=O) groups is 1. The normalized spacial score (nSPS) is 14.8. The van der Waals surface area contributed by atoms with Crippen molar-refractivity contribution >= 4 is 13.6 Å². The van der Waals surface area contributed by atoms with E-state index in [1.807, 2.05) is 0 Å². The van der Waals surface area contributed by atoms with Crippen LogP contribution in [-0.4, -0.2) is 10.4 Å². The van der Waals surface area contributed by atoms with Gasteiger partial charge in [0.1, 0.15) is 0 Å². The fourth-order valence-electron chi connectivity index (χ4n) is 0.363. The molecule has 0 heterocycles. The Morgan fingerprint density at radius 3 is 2.33 bits per heavy atom. The average Bonchev–Trinajstić information content (AvgIpc) is 1.84. The molecule has 0 aliphatic rings. The van der Waals surface area contributed by atoms with Crippen LogP contribution in [0.1, 0.15) is 20.3 Å². The molecule has 0 amide bonds. The van der Waals surface area contributed by atoms with Crippen molar-refractivity contribution in [2.24, 2.45) is 5.92 Å². The van der Waals surface area contributed by atoms with Crippen LogP contribution < -0.4 is 0 Å². The minimum atomic E-state index is -2.60. The van der Waals surface area contributed by atoms with E-state index in [1.54, 1.807) is 13.8 Å². The third kappa shape index (κ3) is 2.68. The number of rotatable bonds is 3. The summed E-state index contributed by atoms with van der Waals surface area (Å²) in [5.41, 5.74) is -0.549. The molecular formula is C5H10O3P+. The van der Waals surface area contributed by atoms with Gasteiger partial charge in [0.15, 0.2) is 0 Å². The molecule has 52 valence electrons. The van der Waals surface area contributed by atoms with E-state index in [2.05, 4.69) is 0 Å². The molecule has 0 aliphatic carbocycles. The van der Waals surface area contributed by atoms with Gasteiger partial charge in [-0.2, -0.15) is 4.89 Å². The zero-order chi connectivity index (χ0) is 7.44. The van der Waals surface area contributed by atoms with Crippen LogP contribution >= 0.6 is 8.03 Å². The summed E-state index contributed by atoms with van der Waals surface area (Å²) in [6, 6.07) is 0. The number of hydrogen-bond donors (Lipinski definition) is 1. The summed E-state index contributed by atoms with van der Waals surface area (Å²) in [4.78, 5) is 18.8. The summed E-state index contributed by atoms with van der Waals surface area (Å²) in [6.07, 6.45) is 0.625. The predicted molar refractivity (Wildman–Crippen MR) is 34.3 cm³/mol. The molecule has 0 saturated heterocycles. The van der Waals surface area contributed by atoms with Crippen LogP contribution in [0.4, 0.5) is 0 Å². The first-order chi connectivity index (χ1) is 4.09. The zero-order valence-corrected chi connectivity index (χ0v) is 6.39. The van der Waals surface area contributed by atoms with E-state index in [9.17, 15) is 9.36 Å². The van der Waals surface area contributed by atoms with Crippen LogP contribution in [0, 0.1) is 5.92 Å². The lowest BCUT2D eigenvalue weighted by atomic mass is 10.1. The maximum Gasteiger partial charge on any atom is 0.585 e. The van der Waals surface area contributed by atoms with Crippen molar-refractivity contribution in [1.29, 1.82) is 0 Å². The highest BCUT2D eigenvalue weighted by atomic mass is 31.1. The average molecular weight is 149 g/mol. The van der Waals surface area contributed by atoms with Gasteiger partial charge in [-0.15, -0.1) is 0 Å². The summed E-state index contributed by atoms with van der Waals surface area (Å²) in [5.74, 6) is -0.279. The van der Waals surface area contributed by atoms with Gasteiger partial charge in [-0.3, -0.25) is 0 Å². The topological polar surface area (TPSA) is 54.4 Å². The van der Waals surface area contributed by atoms with E-state index in [4.69, 9.17) is 4.89 Å². The Bertz CT molecular complexity index is 132. The first-order valence-corrected chi connectivity index (χ1v) is 4.00. The number of carbonyl (C=O) groups excluding carboxylic acids is 1. The fraction of sp³-hybridized carbons (Fsp3) is 0.800. The Morgan fingerprint density at radius 2 is 2.22 bits per heavy atom. The smallest absolute Gasteiger partial charge is 0.236 e. The Kier molecular flexibility index (Phi) is 3.59. The minimum Gasteiger partial charge on any atom is -0.236 e. The number of hydrogen-bond acceptors (Lipinski definition) is 2. The SMILES string of the molecule is CCC(C)C(=O)[P+](=O)O. The van der Waals surface area contributed by atoms with Gasteiger partial charge in [0.05, 0.1) is 5.92 Å². The molecule has 1 N–H and O–H groups in total. The molecule has 2 unspecified atom stereocenters. The van der Waals surface area contributed by atoms with Crippen molar-refractivity contribution in [1.82, 2.24) is 0 Å². The Balaban J connectivity index is 3.88. The molecule has 0 rings (SSSR count). The van der Waals surface area contributed by atoms with Crippen molar-refractivity contribution in [2.75, 3.05) is 0 Å². The van der Waals surface area contributed by atoms with Gasteiger partial charge in [-0.1, -0.05) is 13.8 Å². The summed E-state index contributed by atoms with van der Waals surface area (Å²) >= 11 is 0. The highest BCUT2D eigenvalue weighted by Crippen LogP contribution is 2.21. The molecule has 0 aromatic heterocycles. The van der Waals surface area contributed by atoms with E-state index in [0.29, 0.717) is 6.42 Å². The molecule has 3 nitrogen and oxygen atoms in total. The van der Waals surface area contributed by atoms with Gasteiger partial charge in [0.2, 0.25) is 0 Å². The summed E-state index contributed by atoms with van der Waals surface area (Å²) in [7, 11) is -2.60. The van der Waals surface area contributed by atoms with Gasteiger partial charge in [0, 0.05) is 0 Å². The molecule has 0 saturated carbocycles. The highest BCUT2D eigenvalue weighted by molar-refractivity contribution is 7.58. The lowest BCUT2D eigenvalue weighted by molar-refractivity contribution is -0.115. The van der Waals surface area contributed by atoms with Crippen molar-refractivity contribution in [2.45, 2.75) is 20.3 Å². The van der Waals surface area contributed by atoms with Gasteiger partial charge < -0.3 is 0 Å². The minimum absolute atomic E-state index is 0.279. The van der Waals surface area contributed by atoms with Crippen molar-refractivity contribution in [3.63, 3.8) is 0 Å². The molecule has 0 aromatic rings. The second-order valence-electron chi connectivity index (χ2n) is 1.92. The van der Waals surface area contributed by atoms with Crippen LogP contribution in [0.15, 0.2) is 0 Å². The van der Waals surface area contributed by atoms with E-state index in [-0.39, 0.29) is 5.92 Å². The molecule has 4 heteroatoms. The van der Waals surface area contributed by atoms with Crippen LogP contribution in [0.5, 0.6) is 0 Å². The molecule has 0 radical (unpaired) electrons. The third-order valence-electron chi connectivity index (χ3n) is 1.22. The third-order valence-corrected chi connectivity index (χ3v) is 2.04. The Hall–Kier alpha value is -0.270. The van der Waals surface area contributed by atoms with Crippen LogP contribution in [0.2, 0.25) is 0 Å². The standard InChI is InChI=1S/C5H9O3P/c1-3-4(2)5(6)9(7)8/h4H,3H2,1-2H3/p+1. The molecule has 0 fully saturated rings. The maximum absolute atomic E-state index is 10.5. The van der Waals surface area contributed by atoms with E-state index in [0.717, 1.165) is 0 Å². The predicted octanol–water partition coefficient (Wildman–Crippen LogP) is 1.29. The van der Waals surface area contributed by atoms with Gasteiger partial charge in [0.25, 0.3) is 0 Å². The maximum atomic E-state index is 10.5. The van der Waals surface area contributed by atoms with E-state index < -0.39 is 13.6 Å². The fourth-order valence-corrected chi connectivity index (χ4v) is 0.923. The largest absolute Gasteiger partial charge is 0.585 e. The van der Waals surface area contributed by atoms with Crippen molar-refractivity contribution in [3.05, 3.63) is 0 Å². The van der Waals surface area contributed by atoms with Crippen LogP contribution in [0.3, 0.4) is 0 Å². The first kappa shape index (κ1) is 8.73. The molecule has 0 bridgehead atoms. The Labute approximate surface area is 54.9 Å². The Morgan fingerprint density at radius 1 is 1.78 bits per heavy atom. The highest BCUT2D eigenvalue weighted by Gasteiger charge is 2.30. The molecule has 2 atom stereocenters. The molecule has 0 aromatic carbocycles. The van der Waals surface area contributed by atoms with E-state index in [1.165, 1.54) is 0 Å². The lowest BCUT2D eigenvalue weighted by Crippen LogP contribution is -2.03. The second-order valence-corrected chi connectivity index (χ2v) is 2.91. The zero-order valence-electron chi connectivity index (χ0n) is 5.50. The summed E-state index contributed by atoms with van der Waals surface area (Å²) in [6.45, 7) is 3.45. The summed E-state index contributed by atoms with van der Waals surface area (Å²) in [5, 5.41) is 0. The monoisotopic (exact) mass is 149 g/mol. The quantitative estimate of drug-likeness (QED) is 0.615. The molecule has 0 spiro atoms. The van der Waals surface area contributed by atoms with E-state index >= 15 is 0 Å². The summed E-state index contributed by atoms with van der Waals surface area (Å²) < 4.78 is 10.1. The first-order valence-electron chi connectivity index (χ1n) is 2.79. The van der Waals surface area contributed by atoms with Crippen molar-refractivity contribution < 1.29 is 14.3 Å². The van der Waals surface area contributed by atoms with Gasteiger partial charge in [-0.05, 0) is 11.0 Å². The van der Waals surface area contributed by atoms with Crippen LogP contribution in [-0.2, 0) is 9.36 Å². The van der Waals surface area contributed by atoms with Crippen LogP contribution in [0.25, 0.3) is 0 Å². The lowest BCUT2D eigenvalue weighted by Gasteiger charge is -1.92. The molecular weight excluding hydrogens is 139 g/mol. The molecule has 9 heavy (non-hydrogen) atoms. The van der Waals surface area contributed by atoms with Crippen molar-refractivity contribution in [3.8, 4) is 0 Å².